The highest BCUT2D eigenvalue weighted by Gasteiger charge is 2.01. The van der Waals surface area contributed by atoms with Gasteiger partial charge in [0.05, 0.1) is 6.61 Å². The van der Waals surface area contributed by atoms with Crippen LogP contribution in [-0.2, 0) is 19.1 Å². The summed E-state index contributed by atoms with van der Waals surface area (Å²) in [4.78, 5) is 28.7. The third-order valence-corrected chi connectivity index (χ3v) is 0.650. The fraction of sp³-hybridized carbons (Fsp3) is 0.571. The number of hydrogen-bond acceptors (Lipinski definition) is 4. The number of carbonyl (C=O) groups excluding carboxylic acids is 1. The summed E-state index contributed by atoms with van der Waals surface area (Å²) < 4.78 is 4.40. The number of carboxylic acid groups (broad SMARTS) is 2. The maximum atomic E-state index is 9.82. The lowest BCUT2D eigenvalue weighted by atomic mass is 10.5. The molecule has 0 rings (SSSR count). The molecule has 0 saturated carbocycles. The molecule has 13 heavy (non-hydrogen) atoms. The molecular weight excluding hydrogens is 180 g/mol. The first kappa shape index (κ1) is 14.0. The third-order valence-electron chi connectivity index (χ3n) is 0.650. The van der Waals surface area contributed by atoms with E-state index in [0.717, 1.165) is 0 Å². The fourth-order valence-electron chi connectivity index (χ4n) is 0.333. The van der Waals surface area contributed by atoms with Crippen molar-refractivity contribution in [2.24, 2.45) is 0 Å². The van der Waals surface area contributed by atoms with E-state index in [1.54, 1.807) is 6.92 Å². The van der Waals surface area contributed by atoms with Crippen molar-refractivity contribution in [1.82, 2.24) is 0 Å². The SMILES string of the molecule is CCOC(C)=O.O=C(O)CC(=O)O. The molecular formula is C7H12O6. The molecule has 0 heterocycles. The van der Waals surface area contributed by atoms with Gasteiger partial charge in [-0.2, -0.15) is 0 Å². The second-order valence-electron chi connectivity index (χ2n) is 1.89. The maximum absolute atomic E-state index is 9.82. The van der Waals surface area contributed by atoms with E-state index in [-0.39, 0.29) is 5.97 Å². The van der Waals surface area contributed by atoms with Crippen molar-refractivity contribution in [1.29, 1.82) is 0 Å². The summed E-state index contributed by atoms with van der Waals surface area (Å²) in [6, 6.07) is 0. The third kappa shape index (κ3) is 25.2. The zero-order chi connectivity index (χ0) is 10.9. The van der Waals surface area contributed by atoms with Gasteiger partial charge in [0.2, 0.25) is 0 Å². The maximum Gasteiger partial charge on any atom is 0.314 e. The zero-order valence-corrected chi connectivity index (χ0v) is 7.44. The summed E-state index contributed by atoms with van der Waals surface area (Å²) >= 11 is 0. The van der Waals surface area contributed by atoms with E-state index in [1.807, 2.05) is 0 Å². The number of esters is 1. The normalized spacial score (nSPS) is 7.85. The van der Waals surface area contributed by atoms with Crippen LogP contribution in [0.25, 0.3) is 0 Å². The summed E-state index contributed by atoms with van der Waals surface area (Å²) in [5, 5.41) is 15.4. The topological polar surface area (TPSA) is 101 Å². The Morgan fingerprint density at radius 2 is 1.54 bits per heavy atom. The van der Waals surface area contributed by atoms with Gasteiger partial charge in [0, 0.05) is 6.92 Å². The molecule has 0 atom stereocenters. The number of carboxylic acids is 2. The molecule has 0 aliphatic rings. The highest BCUT2D eigenvalue weighted by molar-refractivity contribution is 5.88. The average Bonchev–Trinajstić information content (AvgIpc) is 1.83. The highest BCUT2D eigenvalue weighted by Crippen LogP contribution is 1.74. The molecule has 0 bridgehead atoms. The molecule has 0 aliphatic heterocycles. The summed E-state index contributed by atoms with van der Waals surface area (Å²) in [5.74, 6) is -2.84. The standard InChI is InChI=1S/C4H8O2.C3H4O4/c1-3-6-4(2)5;4-2(5)1-3(6)7/h3H2,1-2H3;1H2,(H,4,5)(H,6,7). The van der Waals surface area contributed by atoms with Crippen molar-refractivity contribution in [3.8, 4) is 0 Å². The monoisotopic (exact) mass is 192 g/mol. The zero-order valence-electron chi connectivity index (χ0n) is 7.44. The second-order valence-corrected chi connectivity index (χ2v) is 1.89. The minimum atomic E-state index is -1.31. The molecule has 6 heteroatoms. The molecule has 0 spiro atoms. The molecule has 0 aromatic carbocycles. The molecule has 0 amide bonds. The summed E-state index contributed by atoms with van der Waals surface area (Å²) in [7, 11) is 0. The van der Waals surface area contributed by atoms with Gasteiger partial charge in [0.1, 0.15) is 6.42 Å². The second kappa shape index (κ2) is 8.51. The Labute approximate surface area is 75.1 Å². The quantitative estimate of drug-likeness (QED) is 0.486. The predicted molar refractivity (Wildman–Crippen MR) is 42.2 cm³/mol. The molecule has 76 valence electrons. The molecule has 2 N–H and O–H groups in total. The predicted octanol–water partition coefficient (Wildman–Crippen LogP) is 0.115. The summed E-state index contributed by atoms with van der Waals surface area (Å²) in [6.45, 7) is 3.65. The van der Waals surface area contributed by atoms with Crippen LogP contribution in [0.15, 0.2) is 0 Å². The van der Waals surface area contributed by atoms with Crippen LogP contribution in [0.5, 0.6) is 0 Å². The largest absolute Gasteiger partial charge is 0.481 e. The van der Waals surface area contributed by atoms with E-state index in [0.29, 0.717) is 6.61 Å². The minimum absolute atomic E-state index is 0.211. The fourth-order valence-corrected chi connectivity index (χ4v) is 0.333. The van der Waals surface area contributed by atoms with E-state index in [1.165, 1.54) is 6.92 Å². The van der Waals surface area contributed by atoms with Crippen LogP contribution in [0.1, 0.15) is 20.3 Å². The molecule has 0 aliphatic carbocycles. The van der Waals surface area contributed by atoms with Gasteiger partial charge in [-0.1, -0.05) is 0 Å². The first-order valence-corrected chi connectivity index (χ1v) is 3.47. The Balaban J connectivity index is 0. The van der Waals surface area contributed by atoms with Gasteiger partial charge in [-0.3, -0.25) is 14.4 Å². The van der Waals surface area contributed by atoms with Crippen LogP contribution in [-0.4, -0.2) is 34.7 Å². The van der Waals surface area contributed by atoms with Crippen LogP contribution in [0.4, 0.5) is 0 Å². The molecule has 0 aromatic rings. The molecule has 0 fully saturated rings. The Bertz CT molecular complexity index is 173. The Morgan fingerprint density at radius 3 is 1.54 bits per heavy atom. The number of hydrogen-bond donors (Lipinski definition) is 2. The number of rotatable bonds is 3. The van der Waals surface area contributed by atoms with Gasteiger partial charge in [-0.25, -0.2) is 0 Å². The average molecular weight is 192 g/mol. The van der Waals surface area contributed by atoms with Crippen LogP contribution >= 0.6 is 0 Å². The highest BCUT2D eigenvalue weighted by atomic mass is 16.5. The van der Waals surface area contributed by atoms with E-state index in [9.17, 15) is 14.4 Å². The van der Waals surface area contributed by atoms with Gasteiger partial charge in [0.25, 0.3) is 0 Å². The van der Waals surface area contributed by atoms with Crippen molar-refractivity contribution in [2.75, 3.05) is 6.61 Å². The van der Waals surface area contributed by atoms with Gasteiger partial charge >= 0.3 is 17.9 Å². The van der Waals surface area contributed by atoms with Gasteiger partial charge in [-0.05, 0) is 6.92 Å². The number of ether oxygens (including phenoxy) is 1. The van der Waals surface area contributed by atoms with Crippen molar-refractivity contribution in [3.05, 3.63) is 0 Å². The summed E-state index contributed by atoms with van der Waals surface area (Å²) in [5.41, 5.74) is 0. The van der Waals surface area contributed by atoms with Crippen molar-refractivity contribution >= 4 is 17.9 Å². The minimum Gasteiger partial charge on any atom is -0.481 e. The van der Waals surface area contributed by atoms with Crippen molar-refractivity contribution < 1.29 is 29.3 Å². The van der Waals surface area contributed by atoms with Gasteiger partial charge < -0.3 is 14.9 Å². The molecule has 0 unspecified atom stereocenters. The van der Waals surface area contributed by atoms with Crippen molar-refractivity contribution in [3.63, 3.8) is 0 Å². The Hall–Kier alpha value is -1.59. The van der Waals surface area contributed by atoms with E-state index in [2.05, 4.69) is 4.74 Å². The lowest BCUT2D eigenvalue weighted by Gasteiger charge is -1.89. The van der Waals surface area contributed by atoms with Gasteiger partial charge in [-0.15, -0.1) is 0 Å². The lowest BCUT2D eigenvalue weighted by Crippen LogP contribution is -2.03. The van der Waals surface area contributed by atoms with Gasteiger partial charge in [0.15, 0.2) is 0 Å². The van der Waals surface area contributed by atoms with Crippen molar-refractivity contribution in [2.45, 2.75) is 20.3 Å². The van der Waals surface area contributed by atoms with Crippen LogP contribution in [0, 0.1) is 0 Å². The molecule has 0 saturated heterocycles. The molecule has 6 nitrogen and oxygen atoms in total. The lowest BCUT2D eigenvalue weighted by molar-refractivity contribution is -0.147. The smallest absolute Gasteiger partial charge is 0.314 e. The first-order valence-electron chi connectivity index (χ1n) is 3.47. The van der Waals surface area contributed by atoms with E-state index >= 15 is 0 Å². The Morgan fingerprint density at radius 1 is 1.15 bits per heavy atom. The number of aliphatic carboxylic acids is 2. The first-order chi connectivity index (χ1) is 5.90. The van der Waals surface area contributed by atoms with Crippen LogP contribution in [0.2, 0.25) is 0 Å². The number of carbonyl (C=O) groups is 3. The summed E-state index contributed by atoms with van der Waals surface area (Å²) in [6.07, 6.45) is -0.806. The molecule has 0 aromatic heterocycles. The van der Waals surface area contributed by atoms with Crippen LogP contribution in [0.3, 0.4) is 0 Å². The molecule has 0 radical (unpaired) electrons. The van der Waals surface area contributed by atoms with E-state index < -0.39 is 18.4 Å². The Kier molecular flexibility index (Phi) is 9.14. The van der Waals surface area contributed by atoms with Crippen LogP contribution < -0.4 is 0 Å². The van der Waals surface area contributed by atoms with E-state index in [4.69, 9.17) is 10.2 Å².